The molecule has 0 radical (unpaired) electrons. The molecule has 150 valence electrons. The first-order valence-electron chi connectivity index (χ1n) is 9.00. The molecule has 0 aliphatic heterocycles. The summed E-state index contributed by atoms with van der Waals surface area (Å²) >= 11 is 0. The van der Waals surface area contributed by atoms with Crippen LogP contribution in [0.5, 0.6) is 5.75 Å². The molecular formula is C21H25NO6. The molecule has 0 aliphatic rings. The predicted octanol–water partition coefficient (Wildman–Crippen LogP) is 3.00. The van der Waals surface area contributed by atoms with Crippen LogP contribution in [-0.2, 0) is 19.0 Å². The van der Waals surface area contributed by atoms with Crippen LogP contribution in [0.4, 0.5) is 4.79 Å². The number of carbonyl (C=O) groups excluding carboxylic acids is 2. The SMILES string of the molecule is C=CC(=O)OCCOCCOCCNC(=O)Oc1c(C)ccc2ccccc12. The van der Waals surface area contributed by atoms with E-state index in [1.165, 1.54) is 0 Å². The van der Waals surface area contributed by atoms with Gasteiger partial charge in [0.1, 0.15) is 12.4 Å². The largest absolute Gasteiger partial charge is 0.460 e. The van der Waals surface area contributed by atoms with Crippen LogP contribution in [0.1, 0.15) is 5.56 Å². The normalized spacial score (nSPS) is 10.5. The molecule has 1 N–H and O–H groups in total. The number of fused-ring (bicyclic) bond motifs is 1. The fourth-order valence-corrected chi connectivity index (χ4v) is 2.42. The number of ether oxygens (including phenoxy) is 4. The molecule has 0 saturated heterocycles. The highest BCUT2D eigenvalue weighted by Crippen LogP contribution is 2.29. The Kier molecular flexibility index (Phi) is 8.97. The minimum Gasteiger partial charge on any atom is -0.460 e. The van der Waals surface area contributed by atoms with Crippen molar-refractivity contribution >= 4 is 22.8 Å². The zero-order valence-electron chi connectivity index (χ0n) is 15.9. The van der Waals surface area contributed by atoms with E-state index in [-0.39, 0.29) is 13.2 Å². The number of amides is 1. The summed E-state index contributed by atoms with van der Waals surface area (Å²) in [7, 11) is 0. The van der Waals surface area contributed by atoms with E-state index < -0.39 is 12.1 Å². The third-order valence-electron chi connectivity index (χ3n) is 3.80. The van der Waals surface area contributed by atoms with Crippen LogP contribution in [0.15, 0.2) is 49.1 Å². The Hall–Kier alpha value is -2.90. The van der Waals surface area contributed by atoms with Gasteiger partial charge in [0.2, 0.25) is 0 Å². The molecule has 28 heavy (non-hydrogen) atoms. The topological polar surface area (TPSA) is 83.1 Å². The molecule has 0 bridgehead atoms. The quantitative estimate of drug-likeness (QED) is 0.363. The van der Waals surface area contributed by atoms with Gasteiger partial charge in [-0.1, -0.05) is 43.0 Å². The van der Waals surface area contributed by atoms with Gasteiger partial charge < -0.3 is 24.3 Å². The number of carbonyl (C=O) groups is 2. The van der Waals surface area contributed by atoms with E-state index in [4.69, 9.17) is 18.9 Å². The molecule has 2 aromatic rings. The summed E-state index contributed by atoms with van der Waals surface area (Å²) in [5.74, 6) is 0.0820. The summed E-state index contributed by atoms with van der Waals surface area (Å²) in [5, 5.41) is 4.57. The molecule has 7 nitrogen and oxygen atoms in total. The number of esters is 1. The Labute approximate surface area is 164 Å². The molecular weight excluding hydrogens is 362 g/mol. The van der Waals surface area contributed by atoms with Crippen molar-refractivity contribution in [2.75, 3.05) is 39.6 Å². The molecule has 1 amide bonds. The van der Waals surface area contributed by atoms with Gasteiger partial charge in [0, 0.05) is 18.0 Å². The van der Waals surface area contributed by atoms with Gasteiger partial charge in [-0.05, 0) is 17.9 Å². The first kappa shape index (κ1) is 21.4. The van der Waals surface area contributed by atoms with Gasteiger partial charge in [-0.3, -0.25) is 0 Å². The molecule has 2 rings (SSSR count). The maximum atomic E-state index is 12.0. The van der Waals surface area contributed by atoms with Crippen molar-refractivity contribution in [2.24, 2.45) is 0 Å². The lowest BCUT2D eigenvalue weighted by atomic mass is 10.1. The summed E-state index contributed by atoms with van der Waals surface area (Å²) in [4.78, 5) is 22.8. The molecule has 2 aromatic carbocycles. The van der Waals surface area contributed by atoms with Crippen LogP contribution in [0, 0.1) is 6.92 Å². The summed E-state index contributed by atoms with van der Waals surface area (Å²) in [5.41, 5.74) is 0.890. The zero-order valence-corrected chi connectivity index (χ0v) is 15.9. The standard InChI is InChI=1S/C21H25NO6/c1-3-19(23)27-15-14-26-13-12-25-11-10-22-21(24)28-20-16(2)8-9-17-6-4-5-7-18(17)20/h3-9H,1,10-15H2,2H3,(H,22,24). The fourth-order valence-electron chi connectivity index (χ4n) is 2.42. The van der Waals surface area contributed by atoms with Crippen molar-refractivity contribution < 1.29 is 28.5 Å². The van der Waals surface area contributed by atoms with Crippen LogP contribution in [-0.4, -0.2) is 51.6 Å². The Morgan fingerprint density at radius 1 is 1.00 bits per heavy atom. The summed E-state index contributed by atoms with van der Waals surface area (Å²) in [6.45, 7) is 7.04. The van der Waals surface area contributed by atoms with E-state index in [1.807, 2.05) is 43.3 Å². The number of aryl methyl sites for hydroxylation is 1. The molecule has 0 heterocycles. The maximum Gasteiger partial charge on any atom is 0.412 e. The minimum atomic E-state index is -0.525. The first-order valence-corrected chi connectivity index (χ1v) is 9.00. The van der Waals surface area contributed by atoms with Crippen LogP contribution < -0.4 is 10.1 Å². The molecule has 0 atom stereocenters. The van der Waals surface area contributed by atoms with Crippen LogP contribution in [0.25, 0.3) is 10.8 Å². The number of benzene rings is 2. The lowest BCUT2D eigenvalue weighted by molar-refractivity contribution is -0.139. The number of nitrogens with one attached hydrogen (secondary N) is 1. The fraction of sp³-hybridized carbons (Fsp3) is 0.333. The predicted molar refractivity (Wildman–Crippen MR) is 106 cm³/mol. The second-order valence-corrected chi connectivity index (χ2v) is 5.85. The van der Waals surface area contributed by atoms with Crippen molar-refractivity contribution in [2.45, 2.75) is 6.92 Å². The van der Waals surface area contributed by atoms with E-state index in [1.54, 1.807) is 0 Å². The Morgan fingerprint density at radius 3 is 2.50 bits per heavy atom. The van der Waals surface area contributed by atoms with E-state index >= 15 is 0 Å². The number of rotatable bonds is 11. The third kappa shape index (κ3) is 7.02. The Bertz CT molecular complexity index is 805. The van der Waals surface area contributed by atoms with Gasteiger partial charge in [0.05, 0.1) is 26.4 Å². The molecule has 7 heteroatoms. The molecule has 0 aromatic heterocycles. The van der Waals surface area contributed by atoms with Crippen LogP contribution in [0.2, 0.25) is 0 Å². The van der Waals surface area contributed by atoms with Gasteiger partial charge in [-0.15, -0.1) is 0 Å². The third-order valence-corrected chi connectivity index (χ3v) is 3.80. The van der Waals surface area contributed by atoms with Gasteiger partial charge in [0.25, 0.3) is 0 Å². The van der Waals surface area contributed by atoms with E-state index in [9.17, 15) is 9.59 Å². The van der Waals surface area contributed by atoms with Gasteiger partial charge in [-0.2, -0.15) is 0 Å². The second-order valence-electron chi connectivity index (χ2n) is 5.85. The molecule has 0 aliphatic carbocycles. The summed E-state index contributed by atoms with van der Waals surface area (Å²) in [6, 6.07) is 11.7. The van der Waals surface area contributed by atoms with Crippen molar-refractivity contribution in [3.63, 3.8) is 0 Å². The van der Waals surface area contributed by atoms with Crippen LogP contribution in [0.3, 0.4) is 0 Å². The highest BCUT2D eigenvalue weighted by molar-refractivity contribution is 5.91. The van der Waals surface area contributed by atoms with Crippen molar-refractivity contribution in [3.05, 3.63) is 54.6 Å². The van der Waals surface area contributed by atoms with Gasteiger partial charge in [0.15, 0.2) is 0 Å². The van der Waals surface area contributed by atoms with Crippen molar-refractivity contribution in [1.82, 2.24) is 5.32 Å². The molecule has 0 spiro atoms. The number of hydrogen-bond acceptors (Lipinski definition) is 6. The minimum absolute atomic E-state index is 0.172. The smallest absolute Gasteiger partial charge is 0.412 e. The molecule has 0 unspecified atom stereocenters. The summed E-state index contributed by atoms with van der Waals surface area (Å²) < 4.78 is 20.8. The van der Waals surface area contributed by atoms with Gasteiger partial charge in [-0.25, -0.2) is 9.59 Å². The highest BCUT2D eigenvalue weighted by atomic mass is 16.6. The van der Waals surface area contributed by atoms with E-state index in [0.29, 0.717) is 32.1 Å². The Balaban J connectivity index is 1.59. The highest BCUT2D eigenvalue weighted by Gasteiger charge is 2.10. The molecule has 0 saturated carbocycles. The second kappa shape index (κ2) is 11.7. The maximum absolute atomic E-state index is 12.0. The van der Waals surface area contributed by atoms with E-state index in [2.05, 4.69) is 11.9 Å². The lowest BCUT2D eigenvalue weighted by Gasteiger charge is -2.12. The number of hydrogen-bond donors (Lipinski definition) is 1. The monoisotopic (exact) mass is 387 g/mol. The van der Waals surface area contributed by atoms with Crippen molar-refractivity contribution in [1.29, 1.82) is 0 Å². The molecule has 0 fully saturated rings. The average Bonchev–Trinajstić information content (AvgIpc) is 2.71. The average molecular weight is 387 g/mol. The van der Waals surface area contributed by atoms with Crippen LogP contribution >= 0.6 is 0 Å². The lowest BCUT2D eigenvalue weighted by Crippen LogP contribution is -2.30. The van der Waals surface area contributed by atoms with E-state index in [0.717, 1.165) is 22.4 Å². The zero-order chi connectivity index (χ0) is 20.2. The Morgan fingerprint density at radius 2 is 1.71 bits per heavy atom. The summed E-state index contributed by atoms with van der Waals surface area (Å²) in [6.07, 6.45) is 0.575. The van der Waals surface area contributed by atoms with Gasteiger partial charge >= 0.3 is 12.1 Å². The van der Waals surface area contributed by atoms with Crippen molar-refractivity contribution in [3.8, 4) is 5.75 Å². The first-order chi connectivity index (χ1) is 13.6.